The summed E-state index contributed by atoms with van der Waals surface area (Å²) in [4.78, 5) is 27.3. The van der Waals surface area contributed by atoms with Crippen LogP contribution in [0.3, 0.4) is 0 Å². The van der Waals surface area contributed by atoms with Crippen molar-refractivity contribution in [2.45, 2.75) is 245 Å². The molecule has 0 atom stereocenters. The van der Waals surface area contributed by atoms with E-state index in [9.17, 15) is 18.0 Å². The van der Waals surface area contributed by atoms with Gasteiger partial charge in [-0.25, -0.2) is 8.42 Å². The van der Waals surface area contributed by atoms with Gasteiger partial charge in [-0.15, -0.1) is 0 Å². The van der Waals surface area contributed by atoms with Gasteiger partial charge in [0.1, 0.15) is 15.9 Å². The fraction of sp³-hybridized carbons (Fsp3) is 0.957. The second kappa shape index (κ2) is 40.1. The maximum Gasteiger partial charge on any atom is 0.306 e. The number of rotatable bonds is 43. The average Bonchev–Trinajstić information content (AvgIpc) is 3.14. The highest BCUT2D eigenvalue weighted by Gasteiger charge is 2.14. The molecule has 0 heterocycles. The van der Waals surface area contributed by atoms with E-state index in [1.54, 1.807) is 0 Å². The lowest BCUT2D eigenvalue weighted by Gasteiger charge is -2.22. The zero-order chi connectivity index (χ0) is 39.8. The van der Waals surface area contributed by atoms with Gasteiger partial charge in [-0.1, -0.05) is 156 Å². The Morgan fingerprint density at radius 1 is 0.463 bits per heavy atom. The first kappa shape index (κ1) is 52.9. The molecule has 0 saturated heterocycles. The topological polar surface area (TPSA) is 90.0 Å². The van der Waals surface area contributed by atoms with Crippen LogP contribution < -0.4 is 0 Å². The van der Waals surface area contributed by atoms with Crippen molar-refractivity contribution in [2.24, 2.45) is 0 Å². The number of hydrogen-bond acceptors (Lipinski definition) is 7. The lowest BCUT2D eigenvalue weighted by atomic mass is 10.0. The molecule has 7 nitrogen and oxygen atoms in total. The first-order chi connectivity index (χ1) is 26.2. The van der Waals surface area contributed by atoms with E-state index in [1.807, 2.05) is 0 Å². The van der Waals surface area contributed by atoms with Gasteiger partial charge in [0.05, 0.1) is 6.61 Å². The van der Waals surface area contributed by atoms with Crippen LogP contribution in [0.2, 0.25) is 0 Å². The molecule has 0 aliphatic heterocycles. The van der Waals surface area contributed by atoms with Crippen molar-refractivity contribution >= 4 is 21.8 Å². The smallest absolute Gasteiger partial charge is 0.306 e. The number of carbonyl (C=O) groups is 2. The second-order valence-corrected chi connectivity index (χ2v) is 18.7. The Labute approximate surface area is 336 Å². The summed E-state index contributed by atoms with van der Waals surface area (Å²) in [6.07, 6.45) is 39.4. The number of nitrogens with zero attached hydrogens (tertiary/aromatic N) is 1. The number of hydrogen-bond donors (Lipinski definition) is 0. The first-order valence-electron chi connectivity index (χ1n) is 23.5. The molecule has 0 aromatic heterocycles. The molecule has 0 rings (SSSR count). The summed E-state index contributed by atoms with van der Waals surface area (Å²) in [5.74, 6) is 0.222. The maximum atomic E-state index is 12.8. The Kier molecular flexibility index (Phi) is 39.2. The highest BCUT2D eigenvalue weighted by Crippen LogP contribution is 2.19. The molecular formula is C46H91NO6S. The monoisotopic (exact) mass is 786 g/mol. The number of sulfone groups is 1. The Hall–Kier alpha value is -1.15. The van der Waals surface area contributed by atoms with Crippen LogP contribution in [0.5, 0.6) is 0 Å². The second-order valence-electron chi connectivity index (χ2n) is 16.4. The molecule has 0 aliphatic rings. The molecule has 0 spiro atoms. The van der Waals surface area contributed by atoms with Crippen LogP contribution in [0.1, 0.15) is 239 Å². The van der Waals surface area contributed by atoms with Crippen molar-refractivity contribution in [3.8, 4) is 0 Å². The third-order valence-corrected chi connectivity index (χ3v) is 11.8. The largest absolute Gasteiger partial charge is 0.466 e. The van der Waals surface area contributed by atoms with E-state index < -0.39 is 9.84 Å². The molecule has 0 aromatic rings. The molecule has 0 radical (unpaired) electrons. The first-order valence-corrected chi connectivity index (χ1v) is 25.5. The molecule has 54 heavy (non-hydrogen) atoms. The van der Waals surface area contributed by atoms with E-state index in [2.05, 4.69) is 25.7 Å². The van der Waals surface area contributed by atoms with Gasteiger partial charge in [0, 0.05) is 24.9 Å². The van der Waals surface area contributed by atoms with Gasteiger partial charge >= 0.3 is 11.9 Å². The molecule has 0 bridgehead atoms. The van der Waals surface area contributed by atoms with E-state index in [0.717, 1.165) is 122 Å². The van der Waals surface area contributed by atoms with Crippen molar-refractivity contribution in [1.29, 1.82) is 0 Å². The Morgan fingerprint density at radius 2 is 0.833 bits per heavy atom. The summed E-state index contributed by atoms with van der Waals surface area (Å²) in [7, 11) is -2.91. The number of unbranched alkanes of at least 4 members (excludes halogenated alkanes) is 24. The van der Waals surface area contributed by atoms with Crippen molar-refractivity contribution in [2.75, 3.05) is 38.2 Å². The van der Waals surface area contributed by atoms with Crippen LogP contribution in [0.15, 0.2) is 0 Å². The van der Waals surface area contributed by atoms with Crippen LogP contribution in [-0.2, 0) is 28.9 Å². The SMILES string of the molecule is CCCCCCCCOC(=O)CCCCCCCN(CCCCCCCC(=O)OC(CCCCCCCC)CCCCCCCC)CCCCS(C)(=O)=O. The fourth-order valence-electron chi connectivity index (χ4n) is 7.26. The summed E-state index contributed by atoms with van der Waals surface area (Å²) in [5, 5.41) is 0. The minimum atomic E-state index is -2.91. The van der Waals surface area contributed by atoms with Crippen LogP contribution in [0.4, 0.5) is 0 Å². The van der Waals surface area contributed by atoms with E-state index in [1.165, 1.54) is 109 Å². The Bertz CT molecular complexity index is 910. The summed E-state index contributed by atoms with van der Waals surface area (Å²) in [5.41, 5.74) is 0. The minimum absolute atomic E-state index is 0.000616. The van der Waals surface area contributed by atoms with Crippen molar-refractivity contribution in [3.63, 3.8) is 0 Å². The van der Waals surface area contributed by atoms with Crippen molar-refractivity contribution in [1.82, 2.24) is 4.90 Å². The van der Waals surface area contributed by atoms with E-state index in [4.69, 9.17) is 9.47 Å². The molecule has 8 heteroatoms. The van der Waals surface area contributed by atoms with Gasteiger partial charge in [-0.3, -0.25) is 9.59 Å². The number of carbonyl (C=O) groups excluding carboxylic acids is 2. The Balaban J connectivity index is 4.32. The number of esters is 2. The third-order valence-electron chi connectivity index (χ3n) is 10.8. The van der Waals surface area contributed by atoms with E-state index in [-0.39, 0.29) is 23.8 Å². The fourth-order valence-corrected chi connectivity index (χ4v) is 7.99. The third kappa shape index (κ3) is 40.5. The van der Waals surface area contributed by atoms with Gasteiger partial charge < -0.3 is 14.4 Å². The maximum absolute atomic E-state index is 12.8. The van der Waals surface area contributed by atoms with Gasteiger partial charge in [0.2, 0.25) is 0 Å². The zero-order valence-corrected chi connectivity index (χ0v) is 37.3. The molecule has 0 aliphatic carbocycles. The predicted octanol–water partition coefficient (Wildman–Crippen LogP) is 13.1. The molecule has 322 valence electrons. The van der Waals surface area contributed by atoms with Gasteiger partial charge in [0.25, 0.3) is 0 Å². The van der Waals surface area contributed by atoms with Gasteiger partial charge in [-0.05, 0) is 90.3 Å². The van der Waals surface area contributed by atoms with E-state index >= 15 is 0 Å². The van der Waals surface area contributed by atoms with Crippen molar-refractivity contribution in [3.05, 3.63) is 0 Å². The van der Waals surface area contributed by atoms with Gasteiger partial charge in [-0.2, -0.15) is 0 Å². The van der Waals surface area contributed by atoms with Crippen LogP contribution in [-0.4, -0.2) is 69.6 Å². The normalized spacial score (nSPS) is 11.9. The standard InChI is InChI=1S/C46H91NO6S/c1-5-8-11-14-19-26-35-44(36-27-20-15-12-9-6-2)53-46(49)38-29-22-18-24-31-40-47(41-32-34-43-54(4,50)51)39-30-23-17-21-28-37-45(48)52-42-33-25-16-13-10-7-3/h44H,5-43H2,1-4H3. The molecule has 0 N–H and O–H groups in total. The van der Waals surface area contributed by atoms with Crippen LogP contribution >= 0.6 is 0 Å². The minimum Gasteiger partial charge on any atom is -0.466 e. The highest BCUT2D eigenvalue weighted by atomic mass is 32.2. The lowest BCUT2D eigenvalue weighted by Crippen LogP contribution is -2.27. The summed E-state index contributed by atoms with van der Waals surface area (Å²) < 4.78 is 34.7. The summed E-state index contributed by atoms with van der Waals surface area (Å²) in [6.45, 7) is 10.3. The molecule has 0 unspecified atom stereocenters. The van der Waals surface area contributed by atoms with Crippen molar-refractivity contribution < 1.29 is 27.5 Å². The van der Waals surface area contributed by atoms with Gasteiger partial charge in [0.15, 0.2) is 0 Å². The molecule has 0 amide bonds. The Morgan fingerprint density at radius 3 is 1.30 bits per heavy atom. The molecule has 0 aromatic carbocycles. The molecule has 0 fully saturated rings. The van der Waals surface area contributed by atoms with Crippen LogP contribution in [0.25, 0.3) is 0 Å². The zero-order valence-electron chi connectivity index (χ0n) is 36.5. The summed E-state index contributed by atoms with van der Waals surface area (Å²) in [6, 6.07) is 0. The molecule has 0 saturated carbocycles. The number of ether oxygens (including phenoxy) is 2. The molecular weight excluding hydrogens is 695 g/mol. The van der Waals surface area contributed by atoms with E-state index in [0.29, 0.717) is 19.4 Å². The lowest BCUT2D eigenvalue weighted by molar-refractivity contribution is -0.150. The highest BCUT2D eigenvalue weighted by molar-refractivity contribution is 7.90. The summed E-state index contributed by atoms with van der Waals surface area (Å²) >= 11 is 0. The predicted molar refractivity (Wildman–Crippen MR) is 231 cm³/mol. The quantitative estimate of drug-likeness (QED) is 0.0449. The average molecular weight is 786 g/mol. The van der Waals surface area contributed by atoms with Crippen LogP contribution in [0, 0.1) is 0 Å².